The van der Waals surface area contributed by atoms with E-state index in [1.165, 1.54) is 0 Å². The lowest BCUT2D eigenvalue weighted by atomic mass is 10.2. The highest BCUT2D eigenvalue weighted by Crippen LogP contribution is 2.36. The summed E-state index contributed by atoms with van der Waals surface area (Å²) in [5, 5.41) is 0. The average Bonchev–Trinajstić information content (AvgIpc) is 2.50. The molecule has 0 amide bonds. The fourth-order valence-electron chi connectivity index (χ4n) is 1.09. The van der Waals surface area contributed by atoms with E-state index >= 15 is 0 Å². The van der Waals surface area contributed by atoms with Gasteiger partial charge in [-0.15, -0.1) is 0 Å². The third-order valence-corrected chi connectivity index (χ3v) is 2.82. The third kappa shape index (κ3) is 2.80. The Kier molecular flexibility index (Phi) is 3.46. The van der Waals surface area contributed by atoms with Crippen molar-refractivity contribution >= 4 is 10.1 Å². The molecule has 1 aliphatic heterocycles. The van der Waals surface area contributed by atoms with Crippen LogP contribution < -0.4 is 0 Å². The second-order valence-electron chi connectivity index (χ2n) is 3.05. The molecule has 0 N–H and O–H groups in total. The van der Waals surface area contributed by atoms with Crippen molar-refractivity contribution in [1.29, 1.82) is 0 Å². The van der Waals surface area contributed by atoms with Gasteiger partial charge in [-0.25, -0.2) is 0 Å². The van der Waals surface area contributed by atoms with Gasteiger partial charge in [0, 0.05) is 6.61 Å². The van der Waals surface area contributed by atoms with Crippen molar-refractivity contribution < 1.29 is 39.3 Å². The number of halogens is 5. The van der Waals surface area contributed by atoms with E-state index in [0.717, 1.165) is 0 Å². The Bertz CT molecular complexity index is 342. The molecular weight excluding hydrogens is 263 g/mol. The van der Waals surface area contributed by atoms with E-state index in [0.29, 0.717) is 0 Å². The van der Waals surface area contributed by atoms with Gasteiger partial charge in [-0.05, 0) is 12.8 Å². The number of alkyl halides is 5. The summed E-state index contributed by atoms with van der Waals surface area (Å²) in [5.74, 6) is 0. The monoisotopic (exact) mass is 270 g/mol. The largest absolute Gasteiger partial charge is 0.523 e. The minimum Gasteiger partial charge on any atom is -0.369 e. The zero-order valence-electron chi connectivity index (χ0n) is 7.63. The first kappa shape index (κ1) is 13.6. The van der Waals surface area contributed by atoms with Gasteiger partial charge in [0.05, 0.1) is 0 Å². The fourth-order valence-corrected chi connectivity index (χ4v) is 1.58. The topological polar surface area (TPSA) is 52.6 Å². The Morgan fingerprint density at radius 3 is 2.12 bits per heavy atom. The molecule has 1 heterocycles. The molecule has 0 aromatic carbocycles. The molecule has 0 radical (unpaired) electrons. The fraction of sp³-hybridized carbons (Fsp3) is 1.00. The van der Waals surface area contributed by atoms with Crippen LogP contribution in [0.3, 0.4) is 0 Å². The molecule has 0 aromatic rings. The van der Waals surface area contributed by atoms with Crippen LogP contribution in [0.15, 0.2) is 0 Å². The average molecular weight is 270 g/mol. The molecule has 0 saturated carbocycles. The summed E-state index contributed by atoms with van der Waals surface area (Å²) >= 11 is 0. The van der Waals surface area contributed by atoms with Crippen molar-refractivity contribution in [2.45, 2.75) is 30.6 Å². The lowest BCUT2D eigenvalue weighted by molar-refractivity contribution is -0.244. The van der Waals surface area contributed by atoms with Crippen LogP contribution in [0.1, 0.15) is 12.8 Å². The SMILES string of the molecule is O=S(=O)(OC(F)(F)C1CCCO1)C(F)(F)F. The standard InChI is InChI=1S/C6H7F5O4S/c7-5(8,4-2-1-3-14-4)15-16(12,13)6(9,10)11/h4H,1-3H2. The van der Waals surface area contributed by atoms with Gasteiger partial charge in [-0.3, -0.25) is 0 Å². The highest BCUT2D eigenvalue weighted by Gasteiger charge is 2.56. The van der Waals surface area contributed by atoms with Gasteiger partial charge in [0.2, 0.25) is 0 Å². The van der Waals surface area contributed by atoms with Crippen molar-refractivity contribution in [3.8, 4) is 0 Å². The van der Waals surface area contributed by atoms with Crippen molar-refractivity contribution in [3.05, 3.63) is 0 Å². The van der Waals surface area contributed by atoms with Crippen LogP contribution in [-0.2, 0) is 19.0 Å². The van der Waals surface area contributed by atoms with Crippen molar-refractivity contribution in [2.24, 2.45) is 0 Å². The summed E-state index contributed by atoms with van der Waals surface area (Å²) in [4.78, 5) is 0. The quantitative estimate of drug-likeness (QED) is 0.444. The van der Waals surface area contributed by atoms with Crippen LogP contribution in [-0.4, -0.2) is 32.7 Å². The summed E-state index contributed by atoms with van der Waals surface area (Å²) in [7, 11) is -6.32. The van der Waals surface area contributed by atoms with Gasteiger partial charge in [0.1, 0.15) is 6.10 Å². The predicted molar refractivity (Wildman–Crippen MR) is 40.0 cm³/mol. The summed E-state index contributed by atoms with van der Waals surface area (Å²) in [5.41, 5.74) is -5.88. The van der Waals surface area contributed by atoms with Gasteiger partial charge in [-0.2, -0.15) is 34.6 Å². The molecular formula is C6H7F5O4S. The lowest BCUT2D eigenvalue weighted by Gasteiger charge is -2.22. The molecule has 0 aliphatic carbocycles. The van der Waals surface area contributed by atoms with E-state index in [-0.39, 0.29) is 19.4 Å². The van der Waals surface area contributed by atoms with Crippen LogP contribution in [0.25, 0.3) is 0 Å². The second kappa shape index (κ2) is 4.08. The lowest BCUT2D eigenvalue weighted by Crippen LogP contribution is -2.41. The Morgan fingerprint density at radius 1 is 1.19 bits per heavy atom. The maximum atomic E-state index is 12.9. The van der Waals surface area contributed by atoms with Crippen molar-refractivity contribution in [2.75, 3.05) is 6.61 Å². The van der Waals surface area contributed by atoms with Gasteiger partial charge in [0.15, 0.2) is 0 Å². The van der Waals surface area contributed by atoms with Gasteiger partial charge >= 0.3 is 21.7 Å². The van der Waals surface area contributed by atoms with Crippen LogP contribution in [0, 0.1) is 0 Å². The van der Waals surface area contributed by atoms with E-state index in [2.05, 4.69) is 8.92 Å². The smallest absolute Gasteiger partial charge is 0.369 e. The predicted octanol–water partition coefficient (Wildman–Crippen LogP) is 1.62. The van der Waals surface area contributed by atoms with E-state index in [1.54, 1.807) is 0 Å². The number of hydrogen-bond donors (Lipinski definition) is 0. The molecule has 0 spiro atoms. The van der Waals surface area contributed by atoms with Crippen LogP contribution >= 0.6 is 0 Å². The zero-order chi connectivity index (χ0) is 12.6. The molecule has 0 aromatic heterocycles. The Morgan fingerprint density at radius 2 is 1.75 bits per heavy atom. The molecule has 96 valence electrons. The van der Waals surface area contributed by atoms with Crippen LogP contribution in [0.5, 0.6) is 0 Å². The van der Waals surface area contributed by atoms with Gasteiger partial charge < -0.3 is 4.74 Å². The molecule has 10 heteroatoms. The summed E-state index contributed by atoms with van der Waals surface area (Å²) in [6, 6.07) is 0. The third-order valence-electron chi connectivity index (χ3n) is 1.81. The van der Waals surface area contributed by atoms with Crippen LogP contribution in [0.4, 0.5) is 22.0 Å². The van der Waals surface area contributed by atoms with Crippen LogP contribution in [0.2, 0.25) is 0 Å². The maximum Gasteiger partial charge on any atom is 0.523 e. The minimum atomic E-state index is -6.32. The van der Waals surface area contributed by atoms with E-state index in [9.17, 15) is 30.4 Å². The summed E-state index contributed by atoms with van der Waals surface area (Å²) < 4.78 is 89.1. The Balaban J connectivity index is 2.80. The van der Waals surface area contributed by atoms with Gasteiger partial charge in [-0.1, -0.05) is 0 Å². The summed E-state index contributed by atoms with van der Waals surface area (Å²) in [6.07, 6.45) is -6.54. The first-order valence-corrected chi connectivity index (χ1v) is 5.48. The highest BCUT2D eigenvalue weighted by atomic mass is 32.2. The van der Waals surface area contributed by atoms with E-state index < -0.39 is 27.8 Å². The minimum absolute atomic E-state index is 0.0737. The first-order chi connectivity index (χ1) is 7.06. The van der Waals surface area contributed by atoms with E-state index in [4.69, 9.17) is 0 Å². The molecule has 4 nitrogen and oxygen atoms in total. The number of ether oxygens (including phenoxy) is 1. The van der Waals surface area contributed by atoms with Crippen molar-refractivity contribution in [1.82, 2.24) is 0 Å². The number of rotatable bonds is 3. The molecule has 1 atom stereocenters. The molecule has 1 fully saturated rings. The number of hydrogen-bond acceptors (Lipinski definition) is 4. The molecule has 1 saturated heterocycles. The molecule has 1 rings (SSSR count). The first-order valence-electron chi connectivity index (χ1n) is 4.07. The molecule has 1 unspecified atom stereocenters. The maximum absolute atomic E-state index is 12.9. The summed E-state index contributed by atoms with van der Waals surface area (Å²) in [6.45, 7) is -0.0737. The Labute approximate surface area is 87.4 Å². The van der Waals surface area contributed by atoms with E-state index in [1.807, 2.05) is 0 Å². The molecule has 16 heavy (non-hydrogen) atoms. The van der Waals surface area contributed by atoms with Gasteiger partial charge in [0.25, 0.3) is 0 Å². The Hall–Kier alpha value is -0.480. The molecule has 0 bridgehead atoms. The second-order valence-corrected chi connectivity index (χ2v) is 4.58. The van der Waals surface area contributed by atoms with Crippen molar-refractivity contribution in [3.63, 3.8) is 0 Å². The zero-order valence-corrected chi connectivity index (χ0v) is 8.45. The molecule has 1 aliphatic rings. The highest BCUT2D eigenvalue weighted by molar-refractivity contribution is 7.87. The normalized spacial score (nSPS) is 23.7.